The lowest BCUT2D eigenvalue weighted by Crippen LogP contribution is -2.58. The van der Waals surface area contributed by atoms with Crippen LogP contribution in [-0.4, -0.2) is 36.6 Å². The minimum absolute atomic E-state index is 0.737. The average Bonchev–Trinajstić information content (AvgIpc) is 2.49. The molecule has 2 nitrogen and oxygen atoms in total. The third kappa shape index (κ3) is 5.04. The first-order valence-electron chi connectivity index (χ1n) is 9.28. The molecular formula is C18H36N2. The summed E-state index contributed by atoms with van der Waals surface area (Å²) >= 11 is 0. The molecule has 1 saturated heterocycles. The minimum Gasteiger partial charge on any atom is -0.311 e. The number of rotatable bonds is 7. The number of hydrogen-bond acceptors (Lipinski definition) is 2. The number of nitrogens with one attached hydrogen (secondary N) is 1. The summed E-state index contributed by atoms with van der Waals surface area (Å²) in [6.07, 6.45) is 14.4. The Morgan fingerprint density at radius 2 is 1.75 bits per heavy atom. The Hall–Kier alpha value is -0.0800. The van der Waals surface area contributed by atoms with E-state index in [-0.39, 0.29) is 0 Å². The van der Waals surface area contributed by atoms with Crippen LogP contribution in [0, 0.1) is 5.92 Å². The highest BCUT2D eigenvalue weighted by Crippen LogP contribution is 2.28. The molecule has 2 heteroatoms. The standard InChI is InChI=1S/C18H36N2/c1-3-4-5-6-10-13-20-15-18(19-14-16(20)2)17-11-8-7-9-12-17/h16-19H,3-15H2,1-2H3. The molecule has 1 saturated carbocycles. The van der Waals surface area contributed by atoms with Gasteiger partial charge in [-0.25, -0.2) is 0 Å². The fourth-order valence-corrected chi connectivity index (χ4v) is 4.03. The number of hydrogen-bond donors (Lipinski definition) is 1. The number of unbranched alkanes of at least 4 members (excludes halogenated alkanes) is 4. The van der Waals surface area contributed by atoms with Crippen molar-refractivity contribution in [2.45, 2.75) is 90.1 Å². The van der Waals surface area contributed by atoms with Gasteiger partial charge in [0.2, 0.25) is 0 Å². The van der Waals surface area contributed by atoms with Crippen LogP contribution >= 0.6 is 0 Å². The first-order valence-corrected chi connectivity index (χ1v) is 9.28. The fourth-order valence-electron chi connectivity index (χ4n) is 4.03. The van der Waals surface area contributed by atoms with Crippen LogP contribution in [0.15, 0.2) is 0 Å². The van der Waals surface area contributed by atoms with Crippen LogP contribution < -0.4 is 5.32 Å². The normalized spacial score (nSPS) is 29.7. The molecule has 0 aromatic rings. The quantitative estimate of drug-likeness (QED) is 0.703. The molecular weight excluding hydrogens is 244 g/mol. The van der Waals surface area contributed by atoms with E-state index in [0.717, 1.165) is 18.0 Å². The van der Waals surface area contributed by atoms with E-state index in [2.05, 4.69) is 24.1 Å². The van der Waals surface area contributed by atoms with E-state index >= 15 is 0 Å². The molecule has 2 atom stereocenters. The van der Waals surface area contributed by atoms with Crippen molar-refractivity contribution in [2.75, 3.05) is 19.6 Å². The summed E-state index contributed by atoms with van der Waals surface area (Å²) in [4.78, 5) is 2.77. The summed E-state index contributed by atoms with van der Waals surface area (Å²) in [5, 5.41) is 3.84. The van der Waals surface area contributed by atoms with Crippen LogP contribution in [0.3, 0.4) is 0 Å². The average molecular weight is 280 g/mol. The maximum absolute atomic E-state index is 3.84. The Morgan fingerprint density at radius 1 is 1.00 bits per heavy atom. The van der Waals surface area contributed by atoms with E-state index in [1.54, 1.807) is 0 Å². The molecule has 20 heavy (non-hydrogen) atoms. The lowest BCUT2D eigenvalue weighted by Gasteiger charge is -2.43. The third-order valence-corrected chi connectivity index (χ3v) is 5.50. The molecule has 0 spiro atoms. The second kappa shape index (κ2) is 9.04. The van der Waals surface area contributed by atoms with Gasteiger partial charge in [-0.1, -0.05) is 51.9 Å². The summed E-state index contributed by atoms with van der Waals surface area (Å²) in [5.74, 6) is 0.957. The Bertz CT molecular complexity index is 248. The van der Waals surface area contributed by atoms with Gasteiger partial charge in [0.15, 0.2) is 0 Å². The van der Waals surface area contributed by atoms with Crippen molar-refractivity contribution < 1.29 is 0 Å². The second-order valence-electron chi connectivity index (χ2n) is 7.17. The molecule has 0 bridgehead atoms. The smallest absolute Gasteiger partial charge is 0.0224 e. The predicted octanol–water partition coefficient (Wildman–Crippen LogP) is 4.20. The van der Waals surface area contributed by atoms with Crippen molar-refractivity contribution in [3.05, 3.63) is 0 Å². The molecule has 1 N–H and O–H groups in total. The lowest BCUT2D eigenvalue weighted by atomic mass is 9.82. The summed E-state index contributed by atoms with van der Waals surface area (Å²) in [6, 6.07) is 1.52. The molecule has 0 amide bonds. The molecule has 2 unspecified atom stereocenters. The van der Waals surface area contributed by atoms with Crippen LogP contribution in [0.5, 0.6) is 0 Å². The summed E-state index contributed by atoms with van der Waals surface area (Å²) in [5.41, 5.74) is 0. The van der Waals surface area contributed by atoms with Crippen LogP contribution in [0.4, 0.5) is 0 Å². The van der Waals surface area contributed by atoms with E-state index in [1.807, 2.05) is 0 Å². The first kappa shape index (κ1) is 16.3. The molecule has 0 radical (unpaired) electrons. The highest BCUT2D eigenvalue weighted by molar-refractivity contribution is 4.89. The minimum atomic E-state index is 0.737. The summed E-state index contributed by atoms with van der Waals surface area (Å²) < 4.78 is 0. The molecule has 1 aliphatic carbocycles. The monoisotopic (exact) mass is 280 g/mol. The maximum Gasteiger partial charge on any atom is 0.0224 e. The van der Waals surface area contributed by atoms with Gasteiger partial charge in [-0.2, -0.15) is 0 Å². The second-order valence-corrected chi connectivity index (χ2v) is 7.17. The molecule has 1 heterocycles. The van der Waals surface area contributed by atoms with Gasteiger partial charge in [0.1, 0.15) is 0 Å². The Kier molecular flexibility index (Phi) is 7.37. The maximum atomic E-state index is 3.84. The van der Waals surface area contributed by atoms with Crippen molar-refractivity contribution in [3.8, 4) is 0 Å². The van der Waals surface area contributed by atoms with Gasteiger partial charge in [0.05, 0.1) is 0 Å². The molecule has 118 valence electrons. The van der Waals surface area contributed by atoms with E-state index in [9.17, 15) is 0 Å². The third-order valence-electron chi connectivity index (χ3n) is 5.50. The SMILES string of the molecule is CCCCCCCN1CC(C2CCCCC2)NCC1C. The summed E-state index contributed by atoms with van der Waals surface area (Å²) in [7, 11) is 0. The summed E-state index contributed by atoms with van der Waals surface area (Å²) in [6.45, 7) is 8.54. The van der Waals surface area contributed by atoms with Crippen molar-refractivity contribution in [1.82, 2.24) is 10.2 Å². The van der Waals surface area contributed by atoms with Gasteiger partial charge in [-0.05, 0) is 38.6 Å². The van der Waals surface area contributed by atoms with E-state index in [4.69, 9.17) is 0 Å². The highest BCUT2D eigenvalue weighted by atomic mass is 15.2. The zero-order valence-corrected chi connectivity index (χ0v) is 13.9. The highest BCUT2D eigenvalue weighted by Gasteiger charge is 2.30. The van der Waals surface area contributed by atoms with Crippen LogP contribution in [0.1, 0.15) is 78.1 Å². The van der Waals surface area contributed by atoms with Crippen molar-refractivity contribution in [2.24, 2.45) is 5.92 Å². The Balaban J connectivity index is 1.70. The number of piperazine rings is 1. The first-order chi connectivity index (χ1) is 9.81. The fraction of sp³-hybridized carbons (Fsp3) is 1.00. The molecule has 0 aromatic heterocycles. The Labute approximate surface area is 126 Å². The lowest BCUT2D eigenvalue weighted by molar-refractivity contribution is 0.102. The topological polar surface area (TPSA) is 15.3 Å². The van der Waals surface area contributed by atoms with Gasteiger partial charge < -0.3 is 5.32 Å². The van der Waals surface area contributed by atoms with Gasteiger partial charge in [-0.15, -0.1) is 0 Å². The van der Waals surface area contributed by atoms with Crippen molar-refractivity contribution in [1.29, 1.82) is 0 Å². The zero-order chi connectivity index (χ0) is 14.2. The molecule has 2 fully saturated rings. The number of nitrogens with zero attached hydrogens (tertiary/aromatic N) is 1. The molecule has 2 rings (SSSR count). The van der Waals surface area contributed by atoms with Crippen LogP contribution in [0.2, 0.25) is 0 Å². The van der Waals surface area contributed by atoms with Crippen molar-refractivity contribution in [3.63, 3.8) is 0 Å². The molecule has 0 aromatic carbocycles. The van der Waals surface area contributed by atoms with E-state index in [1.165, 1.54) is 83.8 Å². The molecule has 1 aliphatic heterocycles. The molecule has 2 aliphatic rings. The predicted molar refractivity (Wildman–Crippen MR) is 88.2 cm³/mol. The van der Waals surface area contributed by atoms with Gasteiger partial charge in [-0.3, -0.25) is 4.90 Å². The van der Waals surface area contributed by atoms with Gasteiger partial charge in [0.25, 0.3) is 0 Å². The van der Waals surface area contributed by atoms with Crippen LogP contribution in [-0.2, 0) is 0 Å². The van der Waals surface area contributed by atoms with E-state index < -0.39 is 0 Å². The Morgan fingerprint density at radius 3 is 2.50 bits per heavy atom. The van der Waals surface area contributed by atoms with E-state index in [0.29, 0.717) is 0 Å². The van der Waals surface area contributed by atoms with Gasteiger partial charge in [0, 0.05) is 25.2 Å². The largest absolute Gasteiger partial charge is 0.311 e. The zero-order valence-electron chi connectivity index (χ0n) is 13.9. The van der Waals surface area contributed by atoms with Crippen LogP contribution in [0.25, 0.3) is 0 Å². The van der Waals surface area contributed by atoms with Crippen molar-refractivity contribution >= 4 is 0 Å². The van der Waals surface area contributed by atoms with Gasteiger partial charge >= 0.3 is 0 Å².